The zero-order valence-electron chi connectivity index (χ0n) is 12.5. The third-order valence-corrected chi connectivity index (χ3v) is 3.88. The fraction of sp³-hybridized carbons (Fsp3) is 0.267. The summed E-state index contributed by atoms with van der Waals surface area (Å²) in [4.78, 5) is 22.0. The number of alkyl halides is 3. The molecule has 1 aliphatic rings. The van der Waals surface area contributed by atoms with Gasteiger partial charge >= 0.3 is 6.18 Å². The van der Waals surface area contributed by atoms with Crippen molar-refractivity contribution in [3.63, 3.8) is 0 Å². The Morgan fingerprint density at radius 3 is 2.68 bits per heavy atom. The molecule has 2 atom stereocenters. The summed E-state index contributed by atoms with van der Waals surface area (Å²) >= 11 is 0. The lowest BCUT2D eigenvalue weighted by molar-refractivity contribution is -0.384. The molecule has 1 amide bonds. The van der Waals surface area contributed by atoms with E-state index < -0.39 is 28.3 Å². The SMILES string of the molecule is O=C(NNc1ccc(C(F)(F)F)cc1[N+](=O)[O-])C1CC1c1ccco1. The van der Waals surface area contributed by atoms with Crippen LogP contribution in [0.4, 0.5) is 24.5 Å². The van der Waals surface area contributed by atoms with Crippen molar-refractivity contribution in [2.75, 3.05) is 5.43 Å². The largest absolute Gasteiger partial charge is 0.469 e. The molecule has 0 radical (unpaired) electrons. The molecule has 0 bridgehead atoms. The number of rotatable bonds is 5. The van der Waals surface area contributed by atoms with Gasteiger partial charge in [0.05, 0.1) is 22.7 Å². The van der Waals surface area contributed by atoms with Crippen LogP contribution in [0.3, 0.4) is 0 Å². The summed E-state index contributed by atoms with van der Waals surface area (Å²) in [5, 5.41) is 11.0. The van der Waals surface area contributed by atoms with Gasteiger partial charge in [0, 0.05) is 12.0 Å². The van der Waals surface area contributed by atoms with Crippen LogP contribution in [0.15, 0.2) is 41.0 Å². The van der Waals surface area contributed by atoms with Crippen LogP contribution < -0.4 is 10.9 Å². The predicted molar refractivity (Wildman–Crippen MR) is 79.4 cm³/mol. The van der Waals surface area contributed by atoms with Crippen molar-refractivity contribution in [3.05, 3.63) is 58.0 Å². The minimum absolute atomic E-state index is 0.0700. The van der Waals surface area contributed by atoms with E-state index >= 15 is 0 Å². The van der Waals surface area contributed by atoms with E-state index in [2.05, 4.69) is 10.9 Å². The quantitative estimate of drug-likeness (QED) is 0.632. The van der Waals surface area contributed by atoms with Gasteiger partial charge in [0.25, 0.3) is 5.69 Å². The number of nitro benzene ring substituents is 1. The van der Waals surface area contributed by atoms with E-state index in [4.69, 9.17) is 4.42 Å². The molecule has 1 fully saturated rings. The fourth-order valence-corrected chi connectivity index (χ4v) is 2.49. The molecule has 2 N–H and O–H groups in total. The van der Waals surface area contributed by atoms with E-state index in [0.717, 1.165) is 6.07 Å². The van der Waals surface area contributed by atoms with Gasteiger partial charge in [0.2, 0.25) is 5.91 Å². The molecule has 1 aromatic heterocycles. The Hall–Kier alpha value is -3.04. The van der Waals surface area contributed by atoms with Crippen molar-refractivity contribution in [1.29, 1.82) is 0 Å². The maximum absolute atomic E-state index is 12.6. The highest BCUT2D eigenvalue weighted by molar-refractivity contribution is 5.84. The molecule has 2 aromatic rings. The second-order valence-corrected chi connectivity index (χ2v) is 5.57. The first-order valence-electron chi connectivity index (χ1n) is 7.22. The summed E-state index contributed by atoms with van der Waals surface area (Å²) < 4.78 is 43.1. The smallest absolute Gasteiger partial charge is 0.416 e. The molecule has 1 saturated carbocycles. The summed E-state index contributed by atoms with van der Waals surface area (Å²) in [6, 6.07) is 5.46. The first-order valence-corrected chi connectivity index (χ1v) is 7.22. The fourth-order valence-electron chi connectivity index (χ4n) is 2.49. The molecule has 0 saturated heterocycles. The Morgan fingerprint density at radius 2 is 2.08 bits per heavy atom. The van der Waals surface area contributed by atoms with Crippen LogP contribution in [0.25, 0.3) is 0 Å². The average Bonchev–Trinajstić information content (AvgIpc) is 3.17. The van der Waals surface area contributed by atoms with Crippen LogP contribution in [0.1, 0.15) is 23.7 Å². The number of furan rings is 1. The Morgan fingerprint density at radius 1 is 1.32 bits per heavy atom. The number of nitro groups is 1. The van der Waals surface area contributed by atoms with E-state index in [1.807, 2.05) is 0 Å². The molecule has 3 rings (SSSR count). The van der Waals surface area contributed by atoms with Crippen molar-refractivity contribution >= 4 is 17.3 Å². The predicted octanol–water partition coefficient (Wildman–Crippen LogP) is 3.45. The highest BCUT2D eigenvalue weighted by Crippen LogP contribution is 2.47. The molecule has 132 valence electrons. The summed E-state index contributed by atoms with van der Waals surface area (Å²) in [7, 11) is 0. The number of halogens is 3. The normalized spacial score (nSPS) is 19.3. The molecule has 7 nitrogen and oxygen atoms in total. The lowest BCUT2D eigenvalue weighted by Gasteiger charge is -2.11. The molecule has 10 heteroatoms. The second-order valence-electron chi connectivity index (χ2n) is 5.57. The molecule has 0 aliphatic heterocycles. The van der Waals surface area contributed by atoms with Crippen molar-refractivity contribution < 1.29 is 27.3 Å². The third kappa shape index (κ3) is 3.57. The van der Waals surface area contributed by atoms with Gasteiger partial charge in [-0.25, -0.2) is 0 Å². The topological polar surface area (TPSA) is 97.4 Å². The van der Waals surface area contributed by atoms with Gasteiger partial charge in [-0.05, 0) is 30.7 Å². The van der Waals surface area contributed by atoms with Gasteiger partial charge in [-0.3, -0.25) is 25.8 Å². The van der Waals surface area contributed by atoms with Gasteiger partial charge in [-0.2, -0.15) is 13.2 Å². The number of hydrogen-bond donors (Lipinski definition) is 2. The molecule has 0 spiro atoms. The number of benzene rings is 1. The van der Waals surface area contributed by atoms with E-state index in [1.165, 1.54) is 6.26 Å². The van der Waals surface area contributed by atoms with Crippen LogP contribution in [0.5, 0.6) is 0 Å². The van der Waals surface area contributed by atoms with Crippen LogP contribution in [-0.2, 0) is 11.0 Å². The van der Waals surface area contributed by atoms with Crippen molar-refractivity contribution in [1.82, 2.24) is 5.43 Å². The lowest BCUT2D eigenvalue weighted by atomic mass is 10.1. The Balaban J connectivity index is 1.67. The van der Waals surface area contributed by atoms with Crippen molar-refractivity contribution in [2.24, 2.45) is 5.92 Å². The number of carbonyl (C=O) groups is 1. The highest BCUT2D eigenvalue weighted by atomic mass is 19.4. The van der Waals surface area contributed by atoms with Crippen LogP contribution in [0.2, 0.25) is 0 Å². The summed E-state index contributed by atoms with van der Waals surface area (Å²) in [5.74, 6) is -0.178. The van der Waals surface area contributed by atoms with Crippen LogP contribution in [0, 0.1) is 16.0 Å². The third-order valence-electron chi connectivity index (χ3n) is 3.88. The minimum Gasteiger partial charge on any atom is -0.469 e. The number of hydrogen-bond acceptors (Lipinski definition) is 5. The van der Waals surface area contributed by atoms with Gasteiger partial charge < -0.3 is 4.42 Å². The number of nitrogens with zero attached hydrogens (tertiary/aromatic N) is 1. The van der Waals surface area contributed by atoms with Crippen LogP contribution >= 0.6 is 0 Å². The van der Waals surface area contributed by atoms with Crippen molar-refractivity contribution in [2.45, 2.75) is 18.5 Å². The van der Waals surface area contributed by atoms with Gasteiger partial charge in [0.1, 0.15) is 11.4 Å². The lowest BCUT2D eigenvalue weighted by Crippen LogP contribution is -2.31. The maximum atomic E-state index is 12.6. The van der Waals surface area contributed by atoms with Crippen molar-refractivity contribution in [3.8, 4) is 0 Å². The molecule has 2 unspecified atom stereocenters. The summed E-state index contributed by atoms with van der Waals surface area (Å²) in [5.41, 5.74) is 2.45. The molecule has 1 aromatic carbocycles. The van der Waals surface area contributed by atoms with Crippen LogP contribution in [-0.4, -0.2) is 10.8 Å². The summed E-state index contributed by atoms with van der Waals surface area (Å²) in [6.07, 6.45) is -2.64. The van der Waals surface area contributed by atoms with Gasteiger partial charge in [-0.15, -0.1) is 0 Å². The highest BCUT2D eigenvalue weighted by Gasteiger charge is 2.46. The zero-order valence-corrected chi connectivity index (χ0v) is 12.5. The number of carbonyl (C=O) groups excluding carboxylic acids is 1. The van der Waals surface area contributed by atoms with E-state index in [-0.39, 0.29) is 17.5 Å². The van der Waals surface area contributed by atoms with Gasteiger partial charge in [0.15, 0.2) is 0 Å². The number of amides is 1. The molecule has 1 heterocycles. The van der Waals surface area contributed by atoms with E-state index in [1.54, 1.807) is 12.1 Å². The first-order chi connectivity index (χ1) is 11.8. The molecular weight excluding hydrogens is 343 g/mol. The van der Waals surface area contributed by atoms with Gasteiger partial charge in [-0.1, -0.05) is 0 Å². The molecule has 1 aliphatic carbocycles. The Bertz CT molecular complexity index is 805. The first kappa shape index (κ1) is 16.8. The van der Waals surface area contributed by atoms with E-state index in [9.17, 15) is 28.1 Å². The standard InChI is InChI=1S/C15H12F3N3O4/c16-15(17,18)8-3-4-11(12(6-8)21(23)24)19-20-14(22)10-7-9(10)13-2-1-5-25-13/h1-6,9-10,19H,7H2,(H,20,22). The Labute approximate surface area is 138 Å². The average molecular weight is 355 g/mol. The number of anilines is 1. The Kier molecular flexibility index (Phi) is 4.11. The zero-order chi connectivity index (χ0) is 18.2. The second kappa shape index (κ2) is 6.11. The minimum atomic E-state index is -4.70. The summed E-state index contributed by atoms with van der Waals surface area (Å²) in [6.45, 7) is 0. The monoisotopic (exact) mass is 355 g/mol. The maximum Gasteiger partial charge on any atom is 0.416 e. The van der Waals surface area contributed by atoms with E-state index in [0.29, 0.717) is 24.3 Å². The number of nitrogens with one attached hydrogen (secondary N) is 2. The molecule has 25 heavy (non-hydrogen) atoms. The number of hydrazine groups is 1. The molecular formula is C15H12F3N3O4.